The molecule has 2 heterocycles. The summed E-state index contributed by atoms with van der Waals surface area (Å²) in [5.74, 6) is 3.91. The van der Waals surface area contributed by atoms with Gasteiger partial charge in [0.1, 0.15) is 11.6 Å². The molecule has 29 heavy (non-hydrogen) atoms. The first-order valence-corrected chi connectivity index (χ1v) is 11.4. The lowest BCUT2D eigenvalue weighted by molar-refractivity contribution is 0.355. The summed E-state index contributed by atoms with van der Waals surface area (Å²) >= 11 is 0. The van der Waals surface area contributed by atoms with Crippen molar-refractivity contribution < 1.29 is 17.9 Å². The molecule has 0 atom stereocenters. The van der Waals surface area contributed by atoms with Gasteiger partial charge in [0.05, 0.1) is 19.7 Å². The molecule has 2 fully saturated rings. The minimum Gasteiger partial charge on any atom is -0.493 e. The van der Waals surface area contributed by atoms with Crippen LogP contribution in [0.25, 0.3) is 10.9 Å². The number of anilines is 1. The van der Waals surface area contributed by atoms with Crippen LogP contribution >= 0.6 is 0 Å². The van der Waals surface area contributed by atoms with Crippen molar-refractivity contribution >= 4 is 26.9 Å². The van der Waals surface area contributed by atoms with Crippen molar-refractivity contribution in [1.29, 1.82) is 0 Å². The fourth-order valence-electron chi connectivity index (χ4n) is 3.88. The topological polar surface area (TPSA) is 120 Å². The lowest BCUT2D eigenvalue weighted by Crippen LogP contribution is -2.48. The van der Waals surface area contributed by atoms with Gasteiger partial charge < -0.3 is 14.4 Å². The smallest absolute Gasteiger partial charge is 0.274 e. The average molecular weight is 422 g/mol. The van der Waals surface area contributed by atoms with Crippen LogP contribution in [0.3, 0.4) is 0 Å². The second-order valence-electron chi connectivity index (χ2n) is 7.76. The van der Waals surface area contributed by atoms with Gasteiger partial charge >= 0.3 is 0 Å². The molecule has 1 aliphatic carbocycles. The van der Waals surface area contributed by atoms with Crippen LogP contribution in [0.15, 0.2) is 12.1 Å². The Morgan fingerprint density at radius 3 is 2.45 bits per heavy atom. The molecule has 10 heteroatoms. The second-order valence-corrected chi connectivity index (χ2v) is 9.14. The van der Waals surface area contributed by atoms with E-state index in [2.05, 4.69) is 9.62 Å². The fourth-order valence-corrected chi connectivity index (χ4v) is 4.28. The summed E-state index contributed by atoms with van der Waals surface area (Å²) < 4.78 is 35.3. The monoisotopic (exact) mass is 421 g/mol. The zero-order valence-electron chi connectivity index (χ0n) is 16.7. The molecule has 1 aromatic heterocycles. The highest BCUT2D eigenvalue weighted by atomic mass is 32.2. The number of aromatic nitrogens is 2. The van der Waals surface area contributed by atoms with Crippen molar-refractivity contribution in [2.45, 2.75) is 31.6 Å². The maximum Gasteiger partial charge on any atom is 0.274 e. The normalized spacial score (nSPS) is 17.8. The molecule has 0 radical (unpaired) electrons. The first kappa shape index (κ1) is 20.1. The van der Waals surface area contributed by atoms with E-state index in [9.17, 15) is 8.42 Å². The highest BCUT2D eigenvalue weighted by Gasteiger charge is 2.31. The molecule has 3 N–H and O–H groups in total. The van der Waals surface area contributed by atoms with Crippen LogP contribution in [0.2, 0.25) is 0 Å². The van der Waals surface area contributed by atoms with Gasteiger partial charge in [-0.3, -0.25) is 0 Å². The molecule has 4 rings (SSSR count). The Labute approximate surface area is 170 Å². The maximum absolute atomic E-state index is 11.0. The number of ether oxygens (including phenoxy) is 2. The minimum atomic E-state index is -3.63. The van der Waals surface area contributed by atoms with Gasteiger partial charge in [-0.25, -0.2) is 19.8 Å². The highest BCUT2D eigenvalue weighted by molar-refractivity contribution is 7.87. The summed E-state index contributed by atoms with van der Waals surface area (Å²) in [4.78, 5) is 12.0. The van der Waals surface area contributed by atoms with Crippen molar-refractivity contribution in [3.8, 4) is 11.5 Å². The second kappa shape index (κ2) is 7.92. The van der Waals surface area contributed by atoms with E-state index in [0.717, 1.165) is 54.9 Å². The summed E-state index contributed by atoms with van der Waals surface area (Å²) in [5, 5.41) is 5.92. The molecule has 0 amide bonds. The average Bonchev–Trinajstić information content (AvgIpc) is 2.59. The Bertz CT molecular complexity index is 1000. The third-order valence-corrected chi connectivity index (χ3v) is 6.39. The number of rotatable bonds is 8. The minimum absolute atomic E-state index is 0.347. The van der Waals surface area contributed by atoms with Crippen LogP contribution in [0.4, 0.5) is 5.82 Å². The van der Waals surface area contributed by atoms with Gasteiger partial charge in [0.2, 0.25) is 0 Å². The SMILES string of the molecule is COc1cc2nc(C3CCC3)nc(N3CC(CCNS(N)(=O)=O)C3)c2cc1OC. The molecule has 2 aliphatic rings. The van der Waals surface area contributed by atoms with Crippen LogP contribution < -0.4 is 24.2 Å². The Balaban J connectivity index is 1.59. The predicted molar refractivity (Wildman–Crippen MR) is 111 cm³/mol. The number of methoxy groups -OCH3 is 2. The number of nitrogens with one attached hydrogen (secondary N) is 1. The molecule has 0 spiro atoms. The molecular weight excluding hydrogens is 394 g/mol. The van der Waals surface area contributed by atoms with E-state index < -0.39 is 10.2 Å². The Hall–Kier alpha value is -2.17. The van der Waals surface area contributed by atoms with E-state index in [1.54, 1.807) is 14.2 Å². The summed E-state index contributed by atoms with van der Waals surface area (Å²) in [6, 6.07) is 3.85. The number of benzene rings is 1. The Kier molecular flexibility index (Phi) is 5.50. The van der Waals surface area contributed by atoms with Crippen molar-refractivity contribution in [2.75, 3.05) is 38.8 Å². The number of hydrogen-bond donors (Lipinski definition) is 2. The Morgan fingerprint density at radius 2 is 1.86 bits per heavy atom. The number of fused-ring (bicyclic) bond motifs is 1. The molecule has 1 aliphatic heterocycles. The van der Waals surface area contributed by atoms with Crippen LogP contribution in [-0.4, -0.2) is 52.2 Å². The van der Waals surface area contributed by atoms with Crippen molar-refractivity contribution in [3.05, 3.63) is 18.0 Å². The molecule has 9 nitrogen and oxygen atoms in total. The number of nitrogens with zero attached hydrogens (tertiary/aromatic N) is 3. The van der Waals surface area contributed by atoms with Crippen LogP contribution in [0.1, 0.15) is 37.4 Å². The van der Waals surface area contributed by atoms with Gasteiger partial charge in [-0.1, -0.05) is 6.42 Å². The first-order chi connectivity index (χ1) is 13.9. The molecule has 2 aromatic rings. The predicted octanol–water partition coefficient (Wildman–Crippen LogP) is 1.53. The van der Waals surface area contributed by atoms with Gasteiger partial charge in [-0.15, -0.1) is 0 Å². The lowest BCUT2D eigenvalue weighted by atomic mass is 9.84. The van der Waals surface area contributed by atoms with Gasteiger partial charge in [-0.05, 0) is 31.2 Å². The van der Waals surface area contributed by atoms with E-state index in [1.165, 1.54) is 6.42 Å². The summed E-state index contributed by atoms with van der Waals surface area (Å²) in [6.07, 6.45) is 4.21. The van der Waals surface area contributed by atoms with E-state index in [-0.39, 0.29) is 0 Å². The molecule has 1 saturated carbocycles. The van der Waals surface area contributed by atoms with Gasteiger partial charge in [0.25, 0.3) is 10.2 Å². The molecule has 0 unspecified atom stereocenters. The molecule has 1 aromatic carbocycles. The van der Waals surface area contributed by atoms with Crippen LogP contribution in [-0.2, 0) is 10.2 Å². The first-order valence-electron chi connectivity index (χ1n) is 9.84. The van der Waals surface area contributed by atoms with E-state index in [0.29, 0.717) is 29.9 Å². The van der Waals surface area contributed by atoms with Crippen LogP contribution in [0.5, 0.6) is 11.5 Å². The van der Waals surface area contributed by atoms with Gasteiger partial charge in [0.15, 0.2) is 11.5 Å². The summed E-state index contributed by atoms with van der Waals surface area (Å²) in [7, 11) is -0.399. The molecule has 1 saturated heterocycles. The summed E-state index contributed by atoms with van der Waals surface area (Å²) in [5.41, 5.74) is 0.855. The van der Waals surface area contributed by atoms with Crippen molar-refractivity contribution in [2.24, 2.45) is 11.1 Å². The zero-order valence-corrected chi connectivity index (χ0v) is 17.5. The van der Waals surface area contributed by atoms with E-state index in [1.807, 2.05) is 12.1 Å². The third-order valence-electron chi connectivity index (χ3n) is 5.78. The maximum atomic E-state index is 11.0. The van der Waals surface area contributed by atoms with Gasteiger partial charge in [-0.2, -0.15) is 8.42 Å². The van der Waals surface area contributed by atoms with Crippen molar-refractivity contribution in [1.82, 2.24) is 14.7 Å². The third kappa shape index (κ3) is 4.24. The number of hydrogen-bond acceptors (Lipinski definition) is 7. The van der Waals surface area contributed by atoms with E-state index >= 15 is 0 Å². The lowest BCUT2D eigenvalue weighted by Gasteiger charge is -2.41. The fraction of sp³-hybridized carbons (Fsp3) is 0.579. The van der Waals surface area contributed by atoms with Gasteiger partial charge in [0, 0.05) is 37.0 Å². The molecule has 0 bridgehead atoms. The standard InChI is InChI=1S/C19H27N5O4S/c1-27-16-8-14-15(9-17(16)28-2)22-18(13-4-3-5-13)23-19(14)24-10-12(11-24)6-7-21-29(20,25)26/h8-9,12-13,21H,3-7,10-11H2,1-2H3,(H2,20,25,26). The summed E-state index contributed by atoms with van der Waals surface area (Å²) in [6.45, 7) is 1.98. The highest BCUT2D eigenvalue weighted by Crippen LogP contribution is 2.40. The Morgan fingerprint density at radius 1 is 1.17 bits per heavy atom. The zero-order chi connectivity index (χ0) is 20.6. The molecule has 158 valence electrons. The van der Waals surface area contributed by atoms with E-state index in [4.69, 9.17) is 24.6 Å². The van der Waals surface area contributed by atoms with Crippen LogP contribution in [0, 0.1) is 5.92 Å². The van der Waals surface area contributed by atoms with Crippen molar-refractivity contribution in [3.63, 3.8) is 0 Å². The number of nitrogens with two attached hydrogens (primary N) is 1. The largest absolute Gasteiger partial charge is 0.493 e. The quantitative estimate of drug-likeness (QED) is 0.663. The molecular formula is C19H27N5O4S.